The number of fused-ring (bicyclic) bond motifs is 1. The molecule has 0 unspecified atom stereocenters. The molecule has 3 aromatic heterocycles. The van der Waals surface area contributed by atoms with Crippen molar-refractivity contribution in [1.82, 2.24) is 24.4 Å². The van der Waals surface area contributed by atoms with E-state index in [1.54, 1.807) is 12.4 Å². The number of hydrogen-bond acceptors (Lipinski definition) is 8. The Morgan fingerprint density at radius 3 is 2.64 bits per heavy atom. The molecule has 3 fully saturated rings. The molecule has 10 heteroatoms. The fraction of sp³-hybridized carbons (Fsp3) is 0.471. The van der Waals surface area contributed by atoms with E-state index in [1.807, 2.05) is 42.5 Å². The summed E-state index contributed by atoms with van der Waals surface area (Å²) in [4.78, 5) is 34.0. The van der Waals surface area contributed by atoms with E-state index in [9.17, 15) is 9.90 Å². The number of piperidine rings is 1. The monoisotopic (exact) mass is 597 g/mol. The predicted octanol–water partition coefficient (Wildman–Crippen LogP) is 4.46. The van der Waals surface area contributed by atoms with E-state index in [0.717, 1.165) is 67.8 Å². The summed E-state index contributed by atoms with van der Waals surface area (Å²) in [5.74, 6) is 0.648. The fourth-order valence-electron chi connectivity index (χ4n) is 7.01. The third-order valence-electron chi connectivity index (χ3n) is 9.51. The van der Waals surface area contributed by atoms with Gasteiger partial charge in [-0.2, -0.15) is 0 Å². The number of aliphatic hydroxyl groups is 1. The molecule has 4 aromatic rings. The van der Waals surface area contributed by atoms with Gasteiger partial charge in [-0.15, -0.1) is 0 Å². The van der Waals surface area contributed by atoms with Crippen molar-refractivity contribution in [3.05, 3.63) is 88.1 Å². The summed E-state index contributed by atoms with van der Waals surface area (Å²) in [6, 6.07) is 7.98. The van der Waals surface area contributed by atoms with Crippen LogP contribution in [-0.2, 0) is 13.1 Å². The van der Waals surface area contributed by atoms with Crippen LogP contribution in [0.25, 0.3) is 10.9 Å². The average Bonchev–Trinajstić information content (AvgIpc) is 3.78. The fourth-order valence-corrected chi connectivity index (χ4v) is 7.01. The molecule has 2 saturated heterocycles. The third kappa shape index (κ3) is 5.93. The maximum absolute atomic E-state index is 15.7. The van der Waals surface area contributed by atoms with Crippen molar-refractivity contribution < 1.29 is 9.50 Å². The number of pyridine rings is 2. The van der Waals surface area contributed by atoms with Gasteiger partial charge in [0.2, 0.25) is 0 Å². The Hall–Kier alpha value is -3.89. The lowest BCUT2D eigenvalue weighted by molar-refractivity contribution is 0.158. The van der Waals surface area contributed by atoms with Crippen LogP contribution in [-0.4, -0.2) is 68.4 Å². The standard InChI is InChI=1S/C34H40FN7O2/c1-23-13-24(6-8-37-23)17-41(28-3-2-11-40(21-28)33-16-36-9-10-38-33)19-26-20-42(27-4-5-27)31-15-32(30(35)14-29(31)34(26)44)39-12-7-25(18-39)22-43/h6,8-10,13-16,20,25,27-28,43H,2-5,7,11-12,17-19,21-22H2,1H3/t25-,28+/m1/s1. The number of aryl methyl sites for hydroxylation is 1. The molecular formula is C34H40FN7O2. The maximum Gasteiger partial charge on any atom is 0.193 e. The highest BCUT2D eigenvalue weighted by Gasteiger charge is 2.31. The minimum Gasteiger partial charge on any atom is -0.396 e. The summed E-state index contributed by atoms with van der Waals surface area (Å²) in [5.41, 5.74) is 4.03. The molecule has 5 heterocycles. The van der Waals surface area contributed by atoms with E-state index in [4.69, 9.17) is 0 Å². The first-order chi connectivity index (χ1) is 21.5. The van der Waals surface area contributed by atoms with Gasteiger partial charge >= 0.3 is 0 Å². The highest BCUT2D eigenvalue weighted by atomic mass is 19.1. The number of hydrogen-bond donors (Lipinski definition) is 1. The molecule has 0 bridgehead atoms. The minimum absolute atomic E-state index is 0.102. The van der Waals surface area contributed by atoms with Gasteiger partial charge in [0.05, 0.1) is 17.4 Å². The van der Waals surface area contributed by atoms with Gasteiger partial charge in [0.15, 0.2) is 5.43 Å². The quantitative estimate of drug-likeness (QED) is 0.303. The molecule has 3 aliphatic rings. The molecule has 1 saturated carbocycles. The zero-order valence-corrected chi connectivity index (χ0v) is 25.3. The minimum atomic E-state index is -0.372. The van der Waals surface area contributed by atoms with Crippen molar-refractivity contribution in [2.24, 2.45) is 5.92 Å². The first kappa shape index (κ1) is 28.9. The molecule has 2 atom stereocenters. The van der Waals surface area contributed by atoms with Crippen LogP contribution in [0.4, 0.5) is 15.9 Å². The van der Waals surface area contributed by atoms with Crippen LogP contribution in [0.2, 0.25) is 0 Å². The van der Waals surface area contributed by atoms with Crippen molar-refractivity contribution in [3.63, 3.8) is 0 Å². The van der Waals surface area contributed by atoms with Gasteiger partial charge in [-0.1, -0.05) is 0 Å². The molecule has 9 nitrogen and oxygen atoms in total. The predicted molar refractivity (Wildman–Crippen MR) is 169 cm³/mol. The molecule has 2 aliphatic heterocycles. The second-order valence-corrected chi connectivity index (χ2v) is 12.7. The number of nitrogens with zero attached hydrogens (tertiary/aromatic N) is 7. The van der Waals surface area contributed by atoms with E-state index < -0.39 is 0 Å². The molecule has 230 valence electrons. The Labute approximate surface area is 257 Å². The lowest BCUT2D eigenvalue weighted by Crippen LogP contribution is -2.48. The van der Waals surface area contributed by atoms with Crippen LogP contribution in [0.3, 0.4) is 0 Å². The van der Waals surface area contributed by atoms with Crippen LogP contribution in [0.1, 0.15) is 55.0 Å². The van der Waals surface area contributed by atoms with Crippen molar-refractivity contribution in [3.8, 4) is 0 Å². The molecule has 0 amide bonds. The van der Waals surface area contributed by atoms with Crippen LogP contribution in [0.15, 0.2) is 60.0 Å². The molecule has 1 aromatic carbocycles. The average molecular weight is 598 g/mol. The Balaban J connectivity index is 1.25. The Bertz CT molecular complexity index is 1690. The van der Waals surface area contributed by atoms with Crippen LogP contribution < -0.4 is 15.2 Å². The number of rotatable bonds is 9. The van der Waals surface area contributed by atoms with Gasteiger partial charge in [0, 0.05) is 105 Å². The Kier molecular flexibility index (Phi) is 8.03. The molecule has 0 spiro atoms. The zero-order chi connectivity index (χ0) is 30.2. The maximum atomic E-state index is 15.7. The van der Waals surface area contributed by atoms with Crippen LogP contribution in [0, 0.1) is 18.7 Å². The molecule has 44 heavy (non-hydrogen) atoms. The van der Waals surface area contributed by atoms with Gasteiger partial charge in [-0.05, 0) is 68.9 Å². The van der Waals surface area contributed by atoms with Crippen LogP contribution >= 0.6 is 0 Å². The summed E-state index contributed by atoms with van der Waals surface area (Å²) in [7, 11) is 0. The molecule has 7 rings (SSSR count). The normalized spacial score (nSPS) is 20.6. The summed E-state index contributed by atoms with van der Waals surface area (Å²) in [5, 5.41) is 10.1. The van der Waals surface area contributed by atoms with Gasteiger partial charge in [0.25, 0.3) is 0 Å². The molecule has 1 N–H and O–H groups in total. The van der Waals surface area contributed by atoms with Gasteiger partial charge < -0.3 is 19.5 Å². The summed E-state index contributed by atoms with van der Waals surface area (Å²) < 4.78 is 17.9. The highest BCUT2D eigenvalue weighted by molar-refractivity contribution is 5.84. The largest absolute Gasteiger partial charge is 0.396 e. The lowest BCUT2D eigenvalue weighted by Gasteiger charge is -2.40. The second kappa shape index (κ2) is 12.2. The van der Waals surface area contributed by atoms with Gasteiger partial charge in [0.1, 0.15) is 11.6 Å². The smallest absolute Gasteiger partial charge is 0.193 e. The molecular weight excluding hydrogens is 557 g/mol. The topological polar surface area (TPSA) is 90.6 Å². The van der Waals surface area contributed by atoms with E-state index in [1.165, 1.54) is 6.07 Å². The number of aliphatic hydroxyl groups excluding tert-OH is 1. The van der Waals surface area contributed by atoms with Crippen molar-refractivity contribution >= 4 is 22.4 Å². The summed E-state index contributed by atoms with van der Waals surface area (Å²) in [6.07, 6.45) is 14.1. The summed E-state index contributed by atoms with van der Waals surface area (Å²) >= 11 is 0. The van der Waals surface area contributed by atoms with Crippen molar-refractivity contribution in [2.75, 3.05) is 42.6 Å². The summed E-state index contributed by atoms with van der Waals surface area (Å²) in [6.45, 7) is 6.28. The van der Waals surface area contributed by atoms with Crippen molar-refractivity contribution in [1.29, 1.82) is 0 Å². The van der Waals surface area contributed by atoms with Gasteiger partial charge in [-0.25, -0.2) is 9.37 Å². The molecule has 1 aliphatic carbocycles. The lowest BCUT2D eigenvalue weighted by atomic mass is 10.0. The SMILES string of the molecule is Cc1cc(CN(Cc2cn(C3CC3)c3cc(N4CC[C@@H](CO)C4)c(F)cc3c2=O)[C@H]2CCCN(c3cnccn3)C2)ccn1. The first-order valence-electron chi connectivity index (χ1n) is 15.9. The molecule has 0 radical (unpaired) electrons. The first-order valence-corrected chi connectivity index (χ1v) is 15.9. The van der Waals surface area contributed by atoms with Gasteiger partial charge in [-0.3, -0.25) is 19.7 Å². The zero-order valence-electron chi connectivity index (χ0n) is 25.3. The van der Waals surface area contributed by atoms with E-state index in [2.05, 4.69) is 35.4 Å². The number of benzene rings is 1. The highest BCUT2D eigenvalue weighted by Crippen LogP contribution is 2.39. The Morgan fingerprint density at radius 1 is 1.00 bits per heavy atom. The van der Waals surface area contributed by atoms with E-state index >= 15 is 4.39 Å². The Morgan fingerprint density at radius 2 is 1.89 bits per heavy atom. The number of aromatic nitrogens is 4. The third-order valence-corrected chi connectivity index (χ3v) is 9.51. The van der Waals surface area contributed by atoms with Crippen molar-refractivity contribution in [2.45, 2.75) is 64.2 Å². The van der Waals surface area contributed by atoms with Crippen LogP contribution in [0.5, 0.6) is 0 Å². The number of anilines is 2. The number of halogens is 1. The van der Waals surface area contributed by atoms with E-state index in [0.29, 0.717) is 48.9 Å². The van der Waals surface area contributed by atoms with E-state index in [-0.39, 0.29) is 29.8 Å². The second-order valence-electron chi connectivity index (χ2n) is 12.7.